The van der Waals surface area contributed by atoms with Gasteiger partial charge in [0.05, 0.1) is 12.5 Å². The number of carbonyl (C=O) groups excluding carboxylic acids is 2. The van der Waals surface area contributed by atoms with Crippen LogP contribution < -0.4 is 14.2 Å². The second-order valence-electron chi connectivity index (χ2n) is 6.63. The van der Waals surface area contributed by atoms with Crippen molar-refractivity contribution in [1.82, 2.24) is 0 Å². The van der Waals surface area contributed by atoms with E-state index in [1.807, 2.05) is 45.0 Å². The normalized spacial score (nSPS) is 11.3. The number of carbonyl (C=O) groups is 2. The lowest BCUT2D eigenvalue weighted by Crippen LogP contribution is -2.28. The van der Waals surface area contributed by atoms with Gasteiger partial charge in [-0.25, -0.2) is 4.79 Å². The molecule has 0 N–H and O–H groups in total. The highest BCUT2D eigenvalue weighted by molar-refractivity contribution is 5.88. The van der Waals surface area contributed by atoms with Crippen molar-refractivity contribution in [2.75, 3.05) is 7.11 Å². The van der Waals surface area contributed by atoms with Crippen LogP contribution in [-0.4, -0.2) is 19.0 Å². The molecule has 0 unspecified atom stereocenters. The molecule has 0 aliphatic rings. The number of hydrogen-bond donors (Lipinski definition) is 0. The fourth-order valence-corrected chi connectivity index (χ4v) is 1.99. The van der Waals surface area contributed by atoms with Crippen molar-refractivity contribution in [2.45, 2.75) is 27.2 Å². The first kappa shape index (κ1) is 20.2. The molecule has 2 aromatic carbocycles. The van der Waals surface area contributed by atoms with Crippen molar-refractivity contribution >= 4 is 18.0 Å². The van der Waals surface area contributed by atoms with Crippen LogP contribution in [0.5, 0.6) is 17.2 Å². The maximum atomic E-state index is 12.1. The molecule has 0 heterocycles. The molecule has 0 aliphatic carbocycles. The van der Waals surface area contributed by atoms with Crippen LogP contribution in [0, 0.1) is 5.41 Å². The Morgan fingerprint density at radius 2 is 1.41 bits per heavy atom. The third kappa shape index (κ3) is 5.99. The highest BCUT2D eigenvalue weighted by Crippen LogP contribution is 2.25. The van der Waals surface area contributed by atoms with Crippen LogP contribution in [0.4, 0.5) is 0 Å². The lowest BCUT2D eigenvalue weighted by molar-refractivity contribution is -0.144. The molecule has 0 spiro atoms. The molecule has 142 valence electrons. The average Bonchev–Trinajstić information content (AvgIpc) is 2.68. The first-order valence-electron chi connectivity index (χ1n) is 8.70. The predicted molar refractivity (Wildman–Crippen MR) is 104 cm³/mol. The second-order valence-corrected chi connectivity index (χ2v) is 6.63. The summed E-state index contributed by atoms with van der Waals surface area (Å²) < 4.78 is 15.7. The molecule has 0 atom stereocenters. The maximum Gasteiger partial charge on any atom is 0.336 e. The SMILES string of the molecule is CCC(C)(C)C(=O)Oc1ccc(OC(=O)/C=C/c2ccc(OC)cc2)cc1. The third-order valence-corrected chi connectivity index (χ3v) is 4.22. The quantitative estimate of drug-likeness (QED) is 0.404. The average molecular weight is 368 g/mol. The number of esters is 2. The molecule has 0 radical (unpaired) electrons. The van der Waals surface area contributed by atoms with Gasteiger partial charge in [-0.3, -0.25) is 4.79 Å². The third-order valence-electron chi connectivity index (χ3n) is 4.22. The zero-order chi connectivity index (χ0) is 19.9. The van der Waals surface area contributed by atoms with E-state index < -0.39 is 11.4 Å². The highest BCUT2D eigenvalue weighted by Gasteiger charge is 2.27. The summed E-state index contributed by atoms with van der Waals surface area (Å²) in [5.74, 6) is 0.738. The molecule has 0 saturated heterocycles. The van der Waals surface area contributed by atoms with Gasteiger partial charge in [0.15, 0.2) is 0 Å². The Balaban J connectivity index is 1.92. The van der Waals surface area contributed by atoms with Crippen molar-refractivity contribution in [1.29, 1.82) is 0 Å². The van der Waals surface area contributed by atoms with Crippen molar-refractivity contribution < 1.29 is 23.8 Å². The first-order chi connectivity index (χ1) is 12.8. The lowest BCUT2D eigenvalue weighted by atomic mass is 9.91. The van der Waals surface area contributed by atoms with E-state index in [1.165, 1.54) is 6.08 Å². The molecule has 0 aliphatic heterocycles. The van der Waals surface area contributed by atoms with E-state index in [4.69, 9.17) is 14.2 Å². The van der Waals surface area contributed by atoms with Gasteiger partial charge in [-0.05, 0) is 68.3 Å². The minimum Gasteiger partial charge on any atom is -0.497 e. The Hall–Kier alpha value is -3.08. The van der Waals surface area contributed by atoms with Crippen molar-refractivity contribution in [2.24, 2.45) is 5.41 Å². The lowest BCUT2D eigenvalue weighted by Gasteiger charge is -2.20. The Kier molecular flexibility index (Phi) is 6.77. The largest absolute Gasteiger partial charge is 0.497 e. The summed E-state index contributed by atoms with van der Waals surface area (Å²) in [6, 6.07) is 13.7. The van der Waals surface area contributed by atoms with Gasteiger partial charge >= 0.3 is 11.9 Å². The number of benzene rings is 2. The molecular weight excluding hydrogens is 344 g/mol. The van der Waals surface area contributed by atoms with Gasteiger partial charge in [0.25, 0.3) is 0 Å². The standard InChI is InChI=1S/C22H24O5/c1-5-22(2,3)21(24)27-19-13-11-18(12-14-19)26-20(23)15-8-16-6-9-17(25-4)10-7-16/h6-15H,5H2,1-4H3/b15-8+. The Bertz CT molecular complexity index is 802. The van der Waals surface area contributed by atoms with Crippen LogP contribution in [0.25, 0.3) is 6.08 Å². The summed E-state index contributed by atoms with van der Waals surface area (Å²) in [6.07, 6.45) is 3.69. The summed E-state index contributed by atoms with van der Waals surface area (Å²) in [7, 11) is 1.60. The van der Waals surface area contributed by atoms with Gasteiger partial charge < -0.3 is 14.2 Å². The Morgan fingerprint density at radius 3 is 1.93 bits per heavy atom. The minimum absolute atomic E-state index is 0.294. The fourth-order valence-electron chi connectivity index (χ4n) is 1.99. The zero-order valence-corrected chi connectivity index (χ0v) is 16.0. The van der Waals surface area contributed by atoms with Crippen LogP contribution in [0.15, 0.2) is 54.6 Å². The minimum atomic E-state index is -0.544. The molecule has 0 aromatic heterocycles. The predicted octanol–water partition coefficient (Wildman–Crippen LogP) is 4.66. The van der Waals surface area contributed by atoms with E-state index in [0.717, 1.165) is 11.3 Å². The van der Waals surface area contributed by atoms with Gasteiger partial charge in [-0.2, -0.15) is 0 Å². The van der Waals surface area contributed by atoms with Gasteiger partial charge in [-0.1, -0.05) is 19.1 Å². The van der Waals surface area contributed by atoms with Gasteiger partial charge in [0.2, 0.25) is 0 Å². The van der Waals surface area contributed by atoms with Crippen molar-refractivity contribution in [3.8, 4) is 17.2 Å². The summed E-state index contributed by atoms with van der Waals surface area (Å²) >= 11 is 0. The zero-order valence-electron chi connectivity index (χ0n) is 16.0. The molecular formula is C22H24O5. The maximum absolute atomic E-state index is 12.1. The second kappa shape index (κ2) is 9.03. The Morgan fingerprint density at radius 1 is 0.889 bits per heavy atom. The van der Waals surface area contributed by atoms with Gasteiger partial charge in [0.1, 0.15) is 17.2 Å². The van der Waals surface area contributed by atoms with Gasteiger partial charge in [0, 0.05) is 6.08 Å². The van der Waals surface area contributed by atoms with E-state index in [2.05, 4.69) is 0 Å². The molecule has 2 aromatic rings. The molecule has 0 amide bonds. The van der Waals surface area contributed by atoms with Crippen LogP contribution in [-0.2, 0) is 9.59 Å². The number of hydrogen-bond acceptors (Lipinski definition) is 5. The molecule has 0 bridgehead atoms. The van der Waals surface area contributed by atoms with Crippen LogP contribution in [0.2, 0.25) is 0 Å². The van der Waals surface area contributed by atoms with Crippen LogP contribution >= 0.6 is 0 Å². The number of methoxy groups -OCH3 is 1. The van der Waals surface area contributed by atoms with Gasteiger partial charge in [-0.15, -0.1) is 0 Å². The summed E-state index contributed by atoms with van der Waals surface area (Å²) in [4.78, 5) is 24.0. The number of ether oxygens (including phenoxy) is 3. The smallest absolute Gasteiger partial charge is 0.336 e. The van der Waals surface area contributed by atoms with Crippen molar-refractivity contribution in [3.05, 3.63) is 60.2 Å². The van der Waals surface area contributed by atoms with Crippen LogP contribution in [0.3, 0.4) is 0 Å². The van der Waals surface area contributed by atoms with E-state index in [-0.39, 0.29) is 5.97 Å². The topological polar surface area (TPSA) is 61.8 Å². The van der Waals surface area contributed by atoms with Crippen LogP contribution in [0.1, 0.15) is 32.8 Å². The fraction of sp³-hybridized carbons (Fsp3) is 0.273. The summed E-state index contributed by atoms with van der Waals surface area (Å²) in [6.45, 7) is 5.60. The van der Waals surface area contributed by atoms with E-state index in [0.29, 0.717) is 17.9 Å². The Labute approximate surface area is 159 Å². The van der Waals surface area contributed by atoms with E-state index in [9.17, 15) is 9.59 Å². The number of rotatable bonds is 7. The molecule has 0 fully saturated rings. The van der Waals surface area contributed by atoms with E-state index >= 15 is 0 Å². The first-order valence-corrected chi connectivity index (χ1v) is 8.70. The summed E-state index contributed by atoms with van der Waals surface area (Å²) in [5, 5.41) is 0. The monoisotopic (exact) mass is 368 g/mol. The highest BCUT2D eigenvalue weighted by atomic mass is 16.5. The molecule has 5 heteroatoms. The van der Waals surface area contributed by atoms with E-state index in [1.54, 1.807) is 37.5 Å². The van der Waals surface area contributed by atoms with Crippen molar-refractivity contribution in [3.63, 3.8) is 0 Å². The molecule has 27 heavy (non-hydrogen) atoms. The molecule has 2 rings (SSSR count). The molecule has 0 saturated carbocycles. The molecule has 5 nitrogen and oxygen atoms in total. The summed E-state index contributed by atoms with van der Waals surface area (Å²) in [5.41, 5.74) is 0.311.